The van der Waals surface area contributed by atoms with Crippen molar-refractivity contribution in [1.29, 1.82) is 0 Å². The van der Waals surface area contributed by atoms with Gasteiger partial charge in [-0.05, 0) is 57.2 Å². The fraction of sp³-hybridized carbons (Fsp3) is 0.545. The van der Waals surface area contributed by atoms with Crippen LogP contribution in [0.5, 0.6) is 0 Å². The number of anilines is 1. The van der Waals surface area contributed by atoms with Crippen LogP contribution in [-0.4, -0.2) is 114 Å². The van der Waals surface area contributed by atoms with Crippen LogP contribution in [0.25, 0.3) is 0 Å². The number of sulfone groups is 1. The minimum Gasteiger partial charge on any atom is -0.460 e. The predicted molar refractivity (Wildman–Crippen MR) is 234 cm³/mol. The fourth-order valence-corrected chi connectivity index (χ4v) is 6.03. The lowest BCUT2D eigenvalue weighted by molar-refractivity contribution is -0.154. The average molecular weight is 909 g/mol. The van der Waals surface area contributed by atoms with E-state index in [4.69, 9.17) is 14.2 Å². The number of benzene rings is 1. The molecule has 0 fully saturated rings. The highest BCUT2D eigenvalue weighted by Gasteiger charge is 2.28. The van der Waals surface area contributed by atoms with E-state index in [1.54, 1.807) is 76.7 Å². The van der Waals surface area contributed by atoms with Gasteiger partial charge in [-0.2, -0.15) is 0 Å². The summed E-state index contributed by atoms with van der Waals surface area (Å²) in [4.78, 5) is 82.8. The lowest BCUT2D eigenvalue weighted by Crippen LogP contribution is -2.46. The summed E-state index contributed by atoms with van der Waals surface area (Å²) in [5.74, 6) is 2.87. The first-order valence-corrected chi connectivity index (χ1v) is 22.8. The van der Waals surface area contributed by atoms with Crippen LogP contribution in [0.3, 0.4) is 0 Å². The summed E-state index contributed by atoms with van der Waals surface area (Å²) < 4.78 is 40.6. The van der Waals surface area contributed by atoms with Gasteiger partial charge < -0.3 is 30.2 Å². The summed E-state index contributed by atoms with van der Waals surface area (Å²) in [5.41, 5.74) is 1.83. The van der Waals surface area contributed by atoms with Crippen molar-refractivity contribution in [2.75, 3.05) is 44.5 Å². The van der Waals surface area contributed by atoms with Crippen LogP contribution in [0.1, 0.15) is 90.5 Å². The topological polar surface area (TPSA) is 257 Å². The molecule has 3 rings (SSSR count). The van der Waals surface area contributed by atoms with E-state index in [-0.39, 0.29) is 67.3 Å². The Morgan fingerprint density at radius 2 is 1.59 bits per heavy atom. The van der Waals surface area contributed by atoms with Crippen molar-refractivity contribution in [3.05, 3.63) is 59.7 Å². The number of unbranched alkanes of at least 4 members (excludes halogenated alkanes) is 1. The Balaban J connectivity index is 1.23. The van der Waals surface area contributed by atoms with E-state index in [1.807, 2.05) is 0 Å². The molecular formula is C44H60N8O11S. The predicted octanol–water partition coefficient (Wildman–Crippen LogP) is 2.81. The largest absolute Gasteiger partial charge is 0.460 e. The van der Waals surface area contributed by atoms with Gasteiger partial charge in [0, 0.05) is 68.7 Å². The van der Waals surface area contributed by atoms with Crippen molar-refractivity contribution in [2.45, 2.75) is 104 Å². The first kappa shape index (κ1) is 52.4. The molecule has 1 aromatic carbocycles. The molecule has 64 heavy (non-hydrogen) atoms. The summed E-state index contributed by atoms with van der Waals surface area (Å²) in [6.45, 7) is 10.9. The van der Waals surface area contributed by atoms with Crippen molar-refractivity contribution < 1.29 is 51.4 Å². The van der Waals surface area contributed by atoms with Gasteiger partial charge in [0.15, 0.2) is 5.78 Å². The fourth-order valence-electron chi connectivity index (χ4n) is 5.55. The molecule has 20 heteroatoms. The Kier molecular flexibility index (Phi) is 21.3. The zero-order valence-corrected chi connectivity index (χ0v) is 38.4. The maximum atomic E-state index is 13.1. The van der Waals surface area contributed by atoms with Crippen molar-refractivity contribution >= 4 is 50.8 Å². The van der Waals surface area contributed by atoms with Gasteiger partial charge >= 0.3 is 5.97 Å². The second-order valence-electron chi connectivity index (χ2n) is 16.5. The molecule has 2 atom stereocenters. The lowest BCUT2D eigenvalue weighted by Gasteiger charge is -2.22. The number of hydrogen-bond donors (Lipinski definition) is 3. The number of nitrogens with zero attached hydrogens (tertiary/aromatic N) is 5. The second-order valence-corrected chi connectivity index (χ2v) is 18.4. The summed E-state index contributed by atoms with van der Waals surface area (Å²) in [6, 6.07) is 5.97. The van der Waals surface area contributed by atoms with Gasteiger partial charge in [-0.25, -0.2) is 23.1 Å². The number of Topliss-reactive ketones (excluding diaryl/α,β-unsaturated/α-hetero) is 2. The zero-order valence-electron chi connectivity index (χ0n) is 37.6. The highest BCUT2D eigenvalue weighted by molar-refractivity contribution is 7.90. The molecule has 3 aromatic rings. The molecule has 2 heterocycles. The van der Waals surface area contributed by atoms with Gasteiger partial charge in [-0.1, -0.05) is 50.0 Å². The van der Waals surface area contributed by atoms with Gasteiger partial charge in [-0.15, -0.1) is 5.10 Å². The molecule has 2 aromatic heterocycles. The highest BCUT2D eigenvalue weighted by atomic mass is 32.2. The highest BCUT2D eigenvalue weighted by Crippen LogP contribution is 2.19. The first-order chi connectivity index (χ1) is 30.2. The van der Waals surface area contributed by atoms with Crippen LogP contribution in [-0.2, 0) is 72.4 Å². The quantitative estimate of drug-likeness (QED) is 0.0453. The van der Waals surface area contributed by atoms with Crippen molar-refractivity contribution in [3.63, 3.8) is 0 Å². The molecule has 0 aliphatic heterocycles. The van der Waals surface area contributed by atoms with Gasteiger partial charge in [-0.3, -0.25) is 28.8 Å². The molecule has 0 aliphatic rings. The van der Waals surface area contributed by atoms with E-state index in [2.05, 4.69) is 48.1 Å². The third-order valence-electron chi connectivity index (χ3n) is 9.18. The molecule has 0 radical (unpaired) electrons. The minimum absolute atomic E-state index is 0.0773. The minimum atomic E-state index is -3.47. The normalized spacial score (nSPS) is 12.4. The average Bonchev–Trinajstić information content (AvgIpc) is 3.69. The second kappa shape index (κ2) is 26.0. The van der Waals surface area contributed by atoms with Gasteiger partial charge in [0.2, 0.25) is 32.7 Å². The number of esters is 1. The number of aromatic nitrogens is 5. The number of rotatable bonds is 26. The van der Waals surface area contributed by atoms with E-state index in [9.17, 15) is 37.2 Å². The number of amides is 3. The van der Waals surface area contributed by atoms with Crippen LogP contribution >= 0.6 is 0 Å². The standard InChI is InChI=1S/C44H60N8O11S/c1-30(2)40(37(54)23-31(3)41(57)48-34-15-13-32(14-16-34)27-63-42(58)44(4,5)6)49-39(56)29-62-28-38(55)45-19-21-61-22-20-52-26-35(50-51-52)17-18-36(53)12-10-8-9-11-33-24-46-43(47-25-33)64(7,59)60/h13-16,24-26,30-31,40H,8,10,12,17-23,27-29H2,1-7H3,(H,45,55)(H,48,57)(H,49,56)/t31-,40+/m1/s1. The number of hydrogen-bond acceptors (Lipinski definition) is 15. The maximum absolute atomic E-state index is 13.1. The third kappa shape index (κ3) is 20.1. The molecule has 0 spiro atoms. The molecule has 19 nitrogen and oxygen atoms in total. The zero-order chi connectivity index (χ0) is 47.3. The SMILES string of the molecule is CC(C)[C@H](NC(=O)COCC(=O)NCCOCCn1cc(CCC(=O)CCCC#Cc2cnc(S(C)(=O)=O)nc2)nn1)C(=O)C[C@@H](C)C(=O)Nc1ccc(COC(=O)C(C)(C)C)cc1. The monoisotopic (exact) mass is 908 g/mol. The van der Waals surface area contributed by atoms with E-state index in [1.165, 1.54) is 12.4 Å². The molecule has 348 valence electrons. The van der Waals surface area contributed by atoms with Crippen LogP contribution in [0.15, 0.2) is 48.0 Å². The smallest absolute Gasteiger partial charge is 0.311 e. The number of aryl methyl sites for hydroxylation is 1. The number of ketones is 2. The molecule has 0 saturated heterocycles. The van der Waals surface area contributed by atoms with Gasteiger partial charge in [0.1, 0.15) is 25.6 Å². The molecule has 3 N–H and O–H groups in total. The Hall–Kier alpha value is -5.91. The summed E-state index contributed by atoms with van der Waals surface area (Å²) in [7, 11) is -3.47. The van der Waals surface area contributed by atoms with Crippen molar-refractivity contribution in [1.82, 2.24) is 35.6 Å². The number of nitrogens with one attached hydrogen (secondary N) is 3. The van der Waals surface area contributed by atoms with E-state index < -0.39 is 45.6 Å². The number of carbonyl (C=O) groups excluding carboxylic acids is 6. The van der Waals surface area contributed by atoms with Crippen LogP contribution in [0.4, 0.5) is 5.69 Å². The third-order valence-corrected chi connectivity index (χ3v) is 10.1. The van der Waals surface area contributed by atoms with Crippen LogP contribution < -0.4 is 16.0 Å². The number of ether oxygens (including phenoxy) is 3. The molecule has 3 amide bonds. The molecule has 0 saturated carbocycles. The molecule has 0 aliphatic carbocycles. The Labute approximate surface area is 374 Å². The van der Waals surface area contributed by atoms with E-state index >= 15 is 0 Å². The van der Waals surface area contributed by atoms with Gasteiger partial charge in [0.05, 0.1) is 42.5 Å². The number of carbonyl (C=O) groups is 6. The molecule has 0 unspecified atom stereocenters. The summed E-state index contributed by atoms with van der Waals surface area (Å²) in [6.07, 6.45) is 7.55. The lowest BCUT2D eigenvalue weighted by atomic mass is 9.92. The Morgan fingerprint density at radius 1 is 0.906 bits per heavy atom. The van der Waals surface area contributed by atoms with Crippen LogP contribution in [0, 0.1) is 29.1 Å². The maximum Gasteiger partial charge on any atom is 0.311 e. The first-order valence-electron chi connectivity index (χ1n) is 20.9. The molecular weight excluding hydrogens is 849 g/mol. The van der Waals surface area contributed by atoms with Crippen LogP contribution in [0.2, 0.25) is 0 Å². The molecule has 0 bridgehead atoms. The van der Waals surface area contributed by atoms with Crippen molar-refractivity contribution in [3.8, 4) is 11.8 Å². The van der Waals surface area contributed by atoms with Gasteiger partial charge in [0.25, 0.3) is 0 Å². The van der Waals surface area contributed by atoms with E-state index in [0.29, 0.717) is 62.2 Å². The summed E-state index contributed by atoms with van der Waals surface area (Å²) in [5, 5.41) is 16.0. The Morgan fingerprint density at radius 3 is 2.25 bits per heavy atom. The van der Waals surface area contributed by atoms with E-state index in [0.717, 1.165) is 11.8 Å². The summed E-state index contributed by atoms with van der Waals surface area (Å²) >= 11 is 0. The Bertz CT molecular complexity index is 2210. The van der Waals surface area contributed by atoms with Crippen molar-refractivity contribution in [2.24, 2.45) is 17.3 Å².